The fourth-order valence-electron chi connectivity index (χ4n) is 5.33. The molecule has 0 fully saturated rings. The van der Waals surface area contributed by atoms with Crippen molar-refractivity contribution in [2.24, 2.45) is 0 Å². The molecule has 0 aliphatic rings. The third-order valence-electron chi connectivity index (χ3n) is 6.99. The van der Waals surface area contributed by atoms with Gasteiger partial charge in [-0.25, -0.2) is 0 Å². The highest BCUT2D eigenvalue weighted by Crippen LogP contribution is 2.18. The Morgan fingerprint density at radius 3 is 1.11 bits per heavy atom. The lowest BCUT2D eigenvalue weighted by Crippen LogP contribution is -2.52. The molecule has 0 spiro atoms. The average molecular weight is 779 g/mol. The molecule has 0 heterocycles. The molecule has 0 aliphatic carbocycles. The highest BCUT2D eigenvalue weighted by molar-refractivity contribution is 5.76. The molecule has 1 aromatic carbocycles. The molecular weight excluding hydrogens is 708 g/mol. The first-order valence-corrected chi connectivity index (χ1v) is 18.9. The summed E-state index contributed by atoms with van der Waals surface area (Å²) in [5, 5.41) is 0. The second-order valence-electron chi connectivity index (χ2n) is 18.9. The number of benzene rings is 1. The van der Waals surface area contributed by atoms with Crippen LogP contribution in [-0.4, -0.2) is 131 Å². The number of carbonyl (C=O) groups is 5. The second kappa shape index (κ2) is 20.4. The highest BCUT2D eigenvalue weighted by Gasteiger charge is 2.32. The van der Waals surface area contributed by atoms with Crippen molar-refractivity contribution in [3.05, 3.63) is 29.8 Å². The summed E-state index contributed by atoms with van der Waals surface area (Å²) in [6, 6.07) is 6.70. The van der Waals surface area contributed by atoms with E-state index in [2.05, 4.69) is 0 Å². The van der Waals surface area contributed by atoms with Crippen LogP contribution in [0.1, 0.15) is 109 Å². The number of anilines is 1. The average Bonchev–Trinajstić information content (AvgIpc) is 2.91. The predicted molar refractivity (Wildman–Crippen MR) is 212 cm³/mol. The number of nitrogen functional groups attached to an aromatic ring is 1. The van der Waals surface area contributed by atoms with Crippen molar-refractivity contribution in [2.45, 2.75) is 144 Å². The standard InChI is InChI=1S/C41H70N4O10/c1-37(2,3)51-32(46)24-43(20-21-44(25-33(47)52-38(4,5)6)26-34(48)53-39(7,8)9)23-31(22-29-16-18-30(42)19-17-29)45(27-35(49)54-40(10,11)12)28-36(50)55-41(13,14)15/h16-19,31H,20-28,42H2,1-15H3. The fraction of sp³-hybridized carbons (Fsp3) is 0.732. The summed E-state index contributed by atoms with van der Waals surface area (Å²) in [6.07, 6.45) is 0.343. The molecule has 1 unspecified atom stereocenters. The maximum atomic E-state index is 13.4. The summed E-state index contributed by atoms with van der Waals surface area (Å²) in [5.74, 6) is -2.65. The van der Waals surface area contributed by atoms with Crippen LogP contribution in [-0.2, 0) is 54.1 Å². The Morgan fingerprint density at radius 2 is 0.782 bits per heavy atom. The van der Waals surface area contributed by atoms with Crippen LogP contribution < -0.4 is 5.73 Å². The zero-order valence-corrected chi connectivity index (χ0v) is 36.3. The van der Waals surface area contributed by atoms with E-state index in [1.165, 1.54) is 0 Å². The summed E-state index contributed by atoms with van der Waals surface area (Å²) in [4.78, 5) is 71.3. The summed E-state index contributed by atoms with van der Waals surface area (Å²) in [6.45, 7) is 25.8. The van der Waals surface area contributed by atoms with Gasteiger partial charge in [0.1, 0.15) is 28.0 Å². The van der Waals surface area contributed by atoms with E-state index in [9.17, 15) is 24.0 Å². The molecule has 1 rings (SSSR count). The third-order valence-corrected chi connectivity index (χ3v) is 6.99. The number of nitrogens with two attached hydrogens (primary N) is 1. The molecule has 14 nitrogen and oxygen atoms in total. The monoisotopic (exact) mass is 779 g/mol. The van der Waals surface area contributed by atoms with Crippen LogP contribution in [0, 0.1) is 0 Å². The molecule has 0 radical (unpaired) electrons. The first kappa shape index (κ1) is 49.3. The van der Waals surface area contributed by atoms with Gasteiger partial charge in [0.2, 0.25) is 0 Å². The van der Waals surface area contributed by atoms with E-state index in [0.29, 0.717) is 12.1 Å². The molecule has 0 aliphatic heterocycles. The Kier molecular flexibility index (Phi) is 18.3. The summed E-state index contributed by atoms with van der Waals surface area (Å²) in [5.41, 5.74) is 3.59. The molecule has 0 bridgehead atoms. The van der Waals surface area contributed by atoms with Crippen molar-refractivity contribution < 1.29 is 47.7 Å². The topological polar surface area (TPSA) is 167 Å². The number of hydrogen-bond donors (Lipinski definition) is 1. The number of nitrogens with zero attached hydrogens (tertiary/aromatic N) is 3. The first-order valence-electron chi connectivity index (χ1n) is 18.9. The van der Waals surface area contributed by atoms with Gasteiger partial charge < -0.3 is 29.4 Å². The normalized spacial score (nSPS) is 13.4. The van der Waals surface area contributed by atoms with E-state index in [0.717, 1.165) is 5.56 Å². The summed E-state index contributed by atoms with van der Waals surface area (Å²) in [7, 11) is 0. The van der Waals surface area contributed by atoms with Gasteiger partial charge in [-0.05, 0) is 128 Å². The van der Waals surface area contributed by atoms with Gasteiger partial charge in [0.15, 0.2) is 0 Å². The number of rotatable bonds is 18. The smallest absolute Gasteiger partial charge is 0.320 e. The van der Waals surface area contributed by atoms with E-state index in [-0.39, 0.29) is 52.4 Å². The summed E-state index contributed by atoms with van der Waals surface area (Å²) < 4.78 is 28.2. The van der Waals surface area contributed by atoms with Gasteiger partial charge in [0, 0.05) is 31.4 Å². The molecule has 0 saturated heterocycles. The van der Waals surface area contributed by atoms with E-state index < -0.39 is 63.9 Å². The van der Waals surface area contributed by atoms with Gasteiger partial charge in [-0.2, -0.15) is 0 Å². The van der Waals surface area contributed by atoms with Crippen molar-refractivity contribution in [2.75, 3.05) is 58.1 Å². The molecule has 0 saturated carbocycles. The van der Waals surface area contributed by atoms with Crippen LogP contribution in [0.15, 0.2) is 24.3 Å². The lowest BCUT2D eigenvalue weighted by molar-refractivity contribution is -0.162. The van der Waals surface area contributed by atoms with Gasteiger partial charge in [0.25, 0.3) is 0 Å². The van der Waals surface area contributed by atoms with Crippen molar-refractivity contribution in [1.82, 2.24) is 14.7 Å². The third kappa shape index (κ3) is 25.1. The molecule has 314 valence electrons. The predicted octanol–water partition coefficient (Wildman–Crippen LogP) is 4.79. The molecular formula is C41H70N4O10. The molecule has 0 aromatic heterocycles. The van der Waals surface area contributed by atoms with Crippen molar-refractivity contribution in [3.8, 4) is 0 Å². The molecule has 1 aromatic rings. The minimum Gasteiger partial charge on any atom is -0.459 e. The van der Waals surface area contributed by atoms with Crippen LogP contribution in [0.3, 0.4) is 0 Å². The highest BCUT2D eigenvalue weighted by atomic mass is 16.6. The van der Waals surface area contributed by atoms with Crippen LogP contribution in [0.2, 0.25) is 0 Å². The molecule has 14 heteroatoms. The molecule has 55 heavy (non-hydrogen) atoms. The Labute approximate surface area is 329 Å². The Morgan fingerprint density at radius 1 is 0.491 bits per heavy atom. The Bertz CT molecular complexity index is 1350. The zero-order chi connectivity index (χ0) is 42.6. The lowest BCUT2D eigenvalue weighted by atomic mass is 10.0. The minimum absolute atomic E-state index is 0.147. The molecule has 1 atom stereocenters. The van der Waals surface area contributed by atoms with Crippen LogP contribution in [0.25, 0.3) is 0 Å². The zero-order valence-electron chi connectivity index (χ0n) is 36.3. The number of ether oxygens (including phenoxy) is 5. The van der Waals surface area contributed by atoms with Crippen molar-refractivity contribution in [1.29, 1.82) is 0 Å². The van der Waals surface area contributed by atoms with E-state index in [4.69, 9.17) is 29.4 Å². The van der Waals surface area contributed by atoms with Crippen molar-refractivity contribution >= 4 is 35.5 Å². The van der Waals surface area contributed by atoms with Gasteiger partial charge in [-0.1, -0.05) is 12.1 Å². The number of carbonyl (C=O) groups excluding carboxylic acids is 5. The molecule has 2 N–H and O–H groups in total. The quantitative estimate of drug-likeness (QED) is 0.123. The summed E-state index contributed by atoms with van der Waals surface area (Å²) >= 11 is 0. The Hall–Kier alpha value is -3.75. The maximum Gasteiger partial charge on any atom is 0.320 e. The Balaban J connectivity index is 3.71. The largest absolute Gasteiger partial charge is 0.459 e. The minimum atomic E-state index is -0.782. The first-order chi connectivity index (χ1) is 24.8. The SMILES string of the molecule is CC(C)(C)OC(=O)CN(CCN(CC(=O)OC(C)(C)C)CC(Cc1ccc(N)cc1)N(CC(=O)OC(C)(C)C)CC(=O)OC(C)(C)C)CC(=O)OC(C)(C)C. The van der Waals surface area contributed by atoms with Crippen LogP contribution >= 0.6 is 0 Å². The van der Waals surface area contributed by atoms with E-state index >= 15 is 0 Å². The number of esters is 5. The lowest BCUT2D eigenvalue weighted by Gasteiger charge is -2.36. The van der Waals surface area contributed by atoms with Crippen LogP contribution in [0.5, 0.6) is 0 Å². The maximum absolute atomic E-state index is 13.4. The second-order valence-corrected chi connectivity index (χ2v) is 18.9. The van der Waals surface area contributed by atoms with Gasteiger partial charge in [-0.15, -0.1) is 0 Å². The number of hydrogen-bond acceptors (Lipinski definition) is 14. The van der Waals surface area contributed by atoms with Gasteiger partial charge in [-0.3, -0.25) is 38.7 Å². The van der Waals surface area contributed by atoms with Gasteiger partial charge >= 0.3 is 29.8 Å². The molecule has 0 amide bonds. The van der Waals surface area contributed by atoms with E-state index in [1.807, 2.05) is 17.0 Å². The van der Waals surface area contributed by atoms with E-state index in [1.54, 1.807) is 126 Å². The fourth-order valence-corrected chi connectivity index (χ4v) is 5.33. The van der Waals surface area contributed by atoms with Gasteiger partial charge in [0.05, 0.1) is 32.7 Å². The van der Waals surface area contributed by atoms with Crippen molar-refractivity contribution in [3.63, 3.8) is 0 Å². The van der Waals surface area contributed by atoms with Crippen LogP contribution in [0.4, 0.5) is 5.69 Å².